The molecule has 63 heavy (non-hydrogen) atoms. The van der Waals surface area contributed by atoms with Gasteiger partial charge in [-0.3, -0.25) is 0 Å². The number of benzene rings is 4. The third-order valence-corrected chi connectivity index (χ3v) is 17.0. The third kappa shape index (κ3) is 10.2. The molecule has 0 amide bonds. The highest BCUT2D eigenvalue weighted by molar-refractivity contribution is 5.59. The number of rotatable bonds is 18. The van der Waals surface area contributed by atoms with E-state index in [1.165, 1.54) is 50.1 Å². The first-order chi connectivity index (χ1) is 28.9. The highest BCUT2D eigenvalue weighted by Gasteiger charge is 2.34. The molecule has 0 aliphatic heterocycles. The molecule has 0 saturated carbocycles. The third-order valence-electron chi connectivity index (χ3n) is 17.0. The SMILES string of the molecule is CCC(C)(C)c1cc(Cc2c(C)c(Cc3cc(C(C)(C)CC)c(O)c(C(C)(C)CC)c3)c(C)c(Cc3cc(C(C)(C)CC)c(O)c(C(C)(C)CC)c3)c2C)cc(C(C)(C)CC)c1O. The van der Waals surface area contributed by atoms with Crippen LogP contribution in [0.1, 0.15) is 247 Å². The number of hydrogen-bond donors (Lipinski definition) is 3. The van der Waals surface area contributed by atoms with Crippen molar-refractivity contribution in [3.63, 3.8) is 0 Å². The maximum atomic E-state index is 12.0. The number of hydrogen-bond acceptors (Lipinski definition) is 3. The molecule has 3 heteroatoms. The summed E-state index contributed by atoms with van der Waals surface area (Å²) in [5.74, 6) is 1.34. The second kappa shape index (κ2) is 18.6. The molecule has 0 fully saturated rings. The maximum absolute atomic E-state index is 12.0. The number of phenols is 3. The van der Waals surface area contributed by atoms with E-state index in [4.69, 9.17) is 0 Å². The quantitative estimate of drug-likeness (QED) is 0.0934. The molecule has 0 unspecified atom stereocenters. The molecule has 0 bridgehead atoms. The van der Waals surface area contributed by atoms with E-state index in [0.29, 0.717) is 17.2 Å². The van der Waals surface area contributed by atoms with Crippen molar-refractivity contribution in [3.05, 3.63) is 120 Å². The highest BCUT2D eigenvalue weighted by Crippen LogP contribution is 2.47. The normalized spacial score (nSPS) is 13.3. The van der Waals surface area contributed by atoms with Crippen LogP contribution in [0.5, 0.6) is 17.2 Å². The summed E-state index contributed by atoms with van der Waals surface area (Å²) in [6.07, 6.45) is 7.82. The van der Waals surface area contributed by atoms with Gasteiger partial charge < -0.3 is 15.3 Å². The molecule has 0 radical (unpaired) electrons. The molecule has 348 valence electrons. The Labute approximate surface area is 386 Å². The zero-order valence-electron chi connectivity index (χ0n) is 44.2. The molecule has 0 heterocycles. The van der Waals surface area contributed by atoms with Crippen molar-refractivity contribution in [2.24, 2.45) is 0 Å². The second-order valence-corrected chi connectivity index (χ2v) is 23.4. The van der Waals surface area contributed by atoms with E-state index < -0.39 is 0 Å². The molecule has 4 aromatic carbocycles. The van der Waals surface area contributed by atoms with Crippen LogP contribution in [-0.4, -0.2) is 15.3 Å². The van der Waals surface area contributed by atoms with Gasteiger partial charge >= 0.3 is 0 Å². The predicted molar refractivity (Wildman–Crippen MR) is 273 cm³/mol. The monoisotopic (exact) mass is 859 g/mol. The average Bonchev–Trinajstić information content (AvgIpc) is 3.23. The summed E-state index contributed by atoms with van der Waals surface area (Å²) in [4.78, 5) is 0. The lowest BCUT2D eigenvalue weighted by Gasteiger charge is -2.32. The molecular weight excluding hydrogens is 769 g/mol. The van der Waals surface area contributed by atoms with E-state index in [9.17, 15) is 15.3 Å². The Morgan fingerprint density at radius 3 is 0.571 bits per heavy atom. The molecule has 0 aliphatic carbocycles. The topological polar surface area (TPSA) is 60.7 Å². The summed E-state index contributed by atoms with van der Waals surface area (Å²) in [5, 5.41) is 35.9. The summed E-state index contributed by atoms with van der Waals surface area (Å²) in [6, 6.07) is 13.8. The van der Waals surface area contributed by atoms with Gasteiger partial charge in [-0.25, -0.2) is 0 Å². The first kappa shape index (κ1) is 51.9. The van der Waals surface area contributed by atoms with Gasteiger partial charge in [-0.15, -0.1) is 0 Å². The van der Waals surface area contributed by atoms with Crippen LogP contribution in [0.25, 0.3) is 0 Å². The van der Waals surface area contributed by atoms with Crippen LogP contribution in [0.15, 0.2) is 36.4 Å². The Morgan fingerprint density at radius 1 is 0.302 bits per heavy atom. The lowest BCUT2D eigenvalue weighted by atomic mass is 9.73. The fourth-order valence-corrected chi connectivity index (χ4v) is 9.43. The van der Waals surface area contributed by atoms with Gasteiger partial charge in [0.2, 0.25) is 0 Å². The van der Waals surface area contributed by atoms with Crippen LogP contribution in [0.2, 0.25) is 0 Å². The summed E-state index contributed by atoms with van der Waals surface area (Å²) >= 11 is 0. The van der Waals surface area contributed by atoms with Gasteiger partial charge in [0, 0.05) is 33.4 Å². The van der Waals surface area contributed by atoms with E-state index in [0.717, 1.165) is 91.2 Å². The van der Waals surface area contributed by atoms with Crippen molar-refractivity contribution in [2.45, 2.75) is 236 Å². The molecule has 0 aromatic heterocycles. The van der Waals surface area contributed by atoms with Crippen molar-refractivity contribution in [1.82, 2.24) is 0 Å². The molecule has 0 saturated heterocycles. The van der Waals surface area contributed by atoms with Crippen molar-refractivity contribution in [2.75, 3.05) is 0 Å². The molecule has 3 nitrogen and oxygen atoms in total. The first-order valence-corrected chi connectivity index (χ1v) is 24.6. The van der Waals surface area contributed by atoms with Crippen molar-refractivity contribution >= 4 is 0 Å². The van der Waals surface area contributed by atoms with Gasteiger partial charge in [0.1, 0.15) is 17.2 Å². The van der Waals surface area contributed by atoms with E-state index in [1.54, 1.807) is 0 Å². The largest absolute Gasteiger partial charge is 0.507 e. The molecular formula is C60H90O3. The van der Waals surface area contributed by atoms with Gasteiger partial charge in [0.25, 0.3) is 0 Å². The van der Waals surface area contributed by atoms with Gasteiger partial charge in [-0.1, -0.05) is 161 Å². The first-order valence-electron chi connectivity index (χ1n) is 24.6. The van der Waals surface area contributed by atoms with E-state index in [2.05, 4.69) is 182 Å². The minimum absolute atomic E-state index is 0.189. The van der Waals surface area contributed by atoms with Crippen LogP contribution in [0.4, 0.5) is 0 Å². The summed E-state index contributed by atoms with van der Waals surface area (Å²) in [6.45, 7) is 47.4. The van der Waals surface area contributed by atoms with Gasteiger partial charge in [-0.2, -0.15) is 0 Å². The molecule has 4 aromatic rings. The maximum Gasteiger partial charge on any atom is 0.123 e. The Kier molecular flexibility index (Phi) is 15.4. The van der Waals surface area contributed by atoms with Crippen LogP contribution in [-0.2, 0) is 51.8 Å². The standard InChI is InChI=1S/C60H90O3/c1-22-55(10,11)46-31-40(32-47(52(46)61)56(12,13)23-2)28-43-37(7)44(29-41-33-48(57(14,15)24-3)53(62)49(34-41)58(16,17)25-4)39(9)45(38(43)8)30-42-35-50(59(18,19)26-5)54(63)51(36-42)60(20,21)27-6/h31-36,61-63H,22-30H2,1-21H3. The Morgan fingerprint density at radius 2 is 0.444 bits per heavy atom. The minimum Gasteiger partial charge on any atom is -0.507 e. The van der Waals surface area contributed by atoms with Crippen molar-refractivity contribution in [3.8, 4) is 17.2 Å². The van der Waals surface area contributed by atoms with Crippen LogP contribution in [0.3, 0.4) is 0 Å². The van der Waals surface area contributed by atoms with Crippen molar-refractivity contribution < 1.29 is 15.3 Å². The summed E-state index contributed by atoms with van der Waals surface area (Å²) < 4.78 is 0. The fourth-order valence-electron chi connectivity index (χ4n) is 9.43. The van der Waals surface area contributed by atoms with Crippen LogP contribution < -0.4 is 0 Å². The van der Waals surface area contributed by atoms with Crippen molar-refractivity contribution in [1.29, 1.82) is 0 Å². The van der Waals surface area contributed by atoms with E-state index in [-0.39, 0.29) is 32.5 Å². The predicted octanol–water partition coefficient (Wildman–Crippen LogP) is 16.6. The van der Waals surface area contributed by atoms with Crippen LogP contribution >= 0.6 is 0 Å². The van der Waals surface area contributed by atoms with Gasteiger partial charge in [0.15, 0.2) is 0 Å². The second-order valence-electron chi connectivity index (χ2n) is 23.4. The molecule has 0 atom stereocenters. The van der Waals surface area contributed by atoms with E-state index >= 15 is 0 Å². The number of aromatic hydroxyl groups is 3. The highest BCUT2D eigenvalue weighted by atomic mass is 16.3. The Hall–Kier alpha value is -3.72. The molecule has 0 spiro atoms. The molecule has 3 N–H and O–H groups in total. The minimum atomic E-state index is -0.189. The van der Waals surface area contributed by atoms with Gasteiger partial charge in [0.05, 0.1) is 0 Å². The van der Waals surface area contributed by atoms with Gasteiger partial charge in [-0.05, 0) is 161 Å². The lowest BCUT2D eigenvalue weighted by molar-refractivity contribution is 0.399. The van der Waals surface area contributed by atoms with Crippen LogP contribution in [0, 0.1) is 20.8 Å². The van der Waals surface area contributed by atoms with E-state index in [1.807, 2.05) is 0 Å². The Balaban J connectivity index is 2.15. The summed E-state index contributed by atoms with van der Waals surface area (Å²) in [7, 11) is 0. The summed E-state index contributed by atoms with van der Waals surface area (Å²) in [5.41, 5.74) is 16.8. The lowest BCUT2D eigenvalue weighted by Crippen LogP contribution is -2.22. The molecule has 0 aliphatic rings. The average molecular weight is 859 g/mol. The Bertz CT molecular complexity index is 1900. The smallest absolute Gasteiger partial charge is 0.123 e. The fraction of sp³-hybridized carbons (Fsp3) is 0.600. The number of phenolic OH excluding ortho intramolecular Hbond substituents is 3. The zero-order chi connectivity index (χ0) is 48.0. The zero-order valence-corrected chi connectivity index (χ0v) is 44.2. The molecule has 4 rings (SSSR count).